The highest BCUT2D eigenvalue weighted by molar-refractivity contribution is 6.17. The van der Waals surface area contributed by atoms with E-state index in [1.165, 1.54) is 5.56 Å². The molecule has 0 saturated heterocycles. The SMILES string of the molecule is c1ccc(-c2ccc(-c3nc(-c4ccccc4)nc(-c4cccc(-c5ccc(-c6ccc(-c7c8ncccc8nc8oc9ccccc9c78)cc6)cc5)c4)n3)cc2)cc1. The third kappa shape index (κ3) is 6.39. The lowest BCUT2D eigenvalue weighted by Gasteiger charge is -2.11. The van der Waals surface area contributed by atoms with E-state index in [2.05, 4.69) is 127 Å². The van der Waals surface area contributed by atoms with Crippen molar-refractivity contribution in [1.29, 1.82) is 0 Å². The molecule has 276 valence electrons. The molecule has 11 rings (SSSR count). The molecule has 0 aliphatic carbocycles. The van der Waals surface area contributed by atoms with Crippen LogP contribution in [-0.4, -0.2) is 24.9 Å². The van der Waals surface area contributed by atoms with Gasteiger partial charge in [0, 0.05) is 33.8 Å². The van der Waals surface area contributed by atoms with Gasteiger partial charge in [-0.05, 0) is 63.2 Å². The van der Waals surface area contributed by atoms with Crippen molar-refractivity contribution in [1.82, 2.24) is 24.9 Å². The van der Waals surface area contributed by atoms with E-state index in [-0.39, 0.29) is 0 Å². The number of nitrogens with zero attached hydrogens (tertiary/aromatic N) is 5. The second kappa shape index (κ2) is 14.4. The molecule has 0 saturated carbocycles. The van der Waals surface area contributed by atoms with Gasteiger partial charge in [0.15, 0.2) is 17.5 Å². The molecule has 0 amide bonds. The normalized spacial score (nSPS) is 11.4. The fraction of sp³-hybridized carbons (Fsp3) is 0. The summed E-state index contributed by atoms with van der Waals surface area (Å²) in [5.41, 5.74) is 14.7. The van der Waals surface area contributed by atoms with E-state index < -0.39 is 0 Å². The number of pyridine rings is 2. The Morgan fingerprint density at radius 3 is 1.47 bits per heavy atom. The summed E-state index contributed by atoms with van der Waals surface area (Å²) in [6, 6.07) is 66.6. The van der Waals surface area contributed by atoms with Crippen LogP contribution in [-0.2, 0) is 0 Å². The number of hydrogen-bond donors (Lipinski definition) is 0. The van der Waals surface area contributed by atoms with E-state index in [4.69, 9.17) is 29.3 Å². The van der Waals surface area contributed by atoms with Crippen molar-refractivity contribution in [3.8, 4) is 78.7 Å². The van der Waals surface area contributed by atoms with Crippen LogP contribution in [0.2, 0.25) is 0 Å². The van der Waals surface area contributed by atoms with Crippen LogP contribution in [0.4, 0.5) is 0 Å². The maximum Gasteiger partial charge on any atom is 0.228 e. The number of benzene rings is 7. The van der Waals surface area contributed by atoms with Crippen LogP contribution in [0.25, 0.3) is 112 Å². The molecule has 0 bridgehead atoms. The summed E-state index contributed by atoms with van der Waals surface area (Å²) in [5.74, 6) is 1.89. The largest absolute Gasteiger partial charge is 0.438 e. The van der Waals surface area contributed by atoms with Crippen molar-refractivity contribution in [2.45, 2.75) is 0 Å². The van der Waals surface area contributed by atoms with Gasteiger partial charge in [0.05, 0.1) is 16.4 Å². The molecule has 0 N–H and O–H groups in total. The average Bonchev–Trinajstić information content (AvgIpc) is 3.69. The molecule has 0 aliphatic heterocycles. The highest BCUT2D eigenvalue weighted by atomic mass is 16.3. The van der Waals surface area contributed by atoms with Crippen LogP contribution in [0.1, 0.15) is 0 Å². The Morgan fingerprint density at radius 1 is 0.339 bits per heavy atom. The van der Waals surface area contributed by atoms with Crippen molar-refractivity contribution in [2.75, 3.05) is 0 Å². The van der Waals surface area contributed by atoms with Gasteiger partial charge in [-0.1, -0.05) is 170 Å². The molecule has 0 aliphatic rings. The fourth-order valence-corrected chi connectivity index (χ4v) is 7.86. The Kier molecular flexibility index (Phi) is 8.37. The number of hydrogen-bond acceptors (Lipinski definition) is 6. The van der Waals surface area contributed by atoms with Crippen molar-refractivity contribution in [2.24, 2.45) is 0 Å². The van der Waals surface area contributed by atoms with E-state index in [0.29, 0.717) is 23.2 Å². The predicted molar refractivity (Wildman–Crippen MR) is 238 cm³/mol. The van der Waals surface area contributed by atoms with Gasteiger partial charge >= 0.3 is 0 Å². The Morgan fingerprint density at radius 2 is 0.814 bits per heavy atom. The number of para-hydroxylation sites is 1. The summed E-state index contributed by atoms with van der Waals surface area (Å²) in [6.07, 6.45) is 1.82. The van der Waals surface area contributed by atoms with E-state index >= 15 is 0 Å². The maximum atomic E-state index is 6.21. The molecule has 7 aromatic carbocycles. The quantitative estimate of drug-likeness (QED) is 0.161. The molecule has 4 aromatic heterocycles. The van der Waals surface area contributed by atoms with E-state index in [1.54, 1.807) is 0 Å². The lowest BCUT2D eigenvalue weighted by molar-refractivity contribution is 0.656. The molecule has 0 atom stereocenters. The van der Waals surface area contributed by atoms with Crippen molar-refractivity contribution in [3.63, 3.8) is 0 Å². The van der Waals surface area contributed by atoms with Gasteiger partial charge in [-0.15, -0.1) is 0 Å². The van der Waals surface area contributed by atoms with Gasteiger partial charge < -0.3 is 4.42 Å². The number of rotatable bonds is 7. The zero-order valence-electron chi connectivity index (χ0n) is 31.7. The third-order valence-electron chi connectivity index (χ3n) is 10.8. The monoisotopic (exact) mass is 755 g/mol. The molecule has 0 unspecified atom stereocenters. The summed E-state index contributed by atoms with van der Waals surface area (Å²) in [4.78, 5) is 24.6. The Labute approximate surface area is 340 Å². The second-order valence-electron chi connectivity index (χ2n) is 14.5. The third-order valence-corrected chi connectivity index (χ3v) is 10.8. The lowest BCUT2D eigenvalue weighted by Crippen LogP contribution is -2.00. The highest BCUT2D eigenvalue weighted by Crippen LogP contribution is 2.40. The van der Waals surface area contributed by atoms with E-state index in [0.717, 1.165) is 83.0 Å². The van der Waals surface area contributed by atoms with Gasteiger partial charge in [0.25, 0.3) is 0 Å². The molecule has 59 heavy (non-hydrogen) atoms. The van der Waals surface area contributed by atoms with Crippen LogP contribution in [0.3, 0.4) is 0 Å². The van der Waals surface area contributed by atoms with Gasteiger partial charge in [0.2, 0.25) is 5.71 Å². The smallest absolute Gasteiger partial charge is 0.228 e. The summed E-state index contributed by atoms with van der Waals surface area (Å²) in [5, 5.41) is 2.01. The first-order chi connectivity index (χ1) is 29.2. The summed E-state index contributed by atoms with van der Waals surface area (Å²) < 4.78 is 6.21. The number of fused-ring (bicyclic) bond motifs is 4. The second-order valence-corrected chi connectivity index (χ2v) is 14.5. The van der Waals surface area contributed by atoms with Crippen molar-refractivity contribution >= 4 is 33.1 Å². The van der Waals surface area contributed by atoms with Crippen LogP contribution < -0.4 is 0 Å². The van der Waals surface area contributed by atoms with Gasteiger partial charge in [-0.2, -0.15) is 0 Å². The molecule has 0 spiro atoms. The minimum atomic E-state index is 0.617. The number of aromatic nitrogens is 5. The summed E-state index contributed by atoms with van der Waals surface area (Å²) >= 11 is 0. The van der Waals surface area contributed by atoms with Gasteiger partial charge in [-0.3, -0.25) is 4.98 Å². The minimum absolute atomic E-state index is 0.617. The standard InChI is InChI=1S/C53H33N5O/c1-3-11-34(12-4-1)35-26-30-41(31-27-35)51-56-50(40-13-5-2-6-14-40)57-52(58-51)43-16-9-15-42(33-43)38-22-20-36(21-23-38)37-24-28-39(29-25-37)47-48-44-17-7-8-19-46(44)59-53(48)55-45-18-10-32-54-49(45)47/h1-33H. The van der Waals surface area contributed by atoms with Gasteiger partial charge in [-0.25, -0.2) is 19.9 Å². The van der Waals surface area contributed by atoms with Crippen LogP contribution in [0, 0.1) is 0 Å². The summed E-state index contributed by atoms with van der Waals surface area (Å²) in [7, 11) is 0. The molecule has 6 heteroatoms. The first-order valence-electron chi connectivity index (χ1n) is 19.6. The molecule has 6 nitrogen and oxygen atoms in total. The Balaban J connectivity index is 0.911. The molecule has 0 radical (unpaired) electrons. The first kappa shape index (κ1) is 34.2. The molecular formula is C53H33N5O. The van der Waals surface area contributed by atoms with Crippen molar-refractivity contribution < 1.29 is 4.42 Å². The predicted octanol–water partition coefficient (Wildman–Crippen LogP) is 13.4. The molecule has 0 fully saturated rings. The lowest BCUT2D eigenvalue weighted by atomic mass is 9.95. The highest BCUT2D eigenvalue weighted by Gasteiger charge is 2.19. The van der Waals surface area contributed by atoms with Crippen LogP contribution in [0.15, 0.2) is 205 Å². The average molecular weight is 756 g/mol. The topological polar surface area (TPSA) is 77.6 Å². The molecule has 11 aromatic rings. The number of furan rings is 1. The summed E-state index contributed by atoms with van der Waals surface area (Å²) in [6.45, 7) is 0. The van der Waals surface area contributed by atoms with E-state index in [1.807, 2.05) is 72.9 Å². The van der Waals surface area contributed by atoms with Gasteiger partial charge in [0.1, 0.15) is 5.58 Å². The van der Waals surface area contributed by atoms with Crippen LogP contribution >= 0.6 is 0 Å². The van der Waals surface area contributed by atoms with Crippen molar-refractivity contribution in [3.05, 3.63) is 200 Å². The van der Waals surface area contributed by atoms with E-state index in [9.17, 15) is 0 Å². The maximum absolute atomic E-state index is 6.21. The fourth-order valence-electron chi connectivity index (χ4n) is 7.86. The zero-order chi connectivity index (χ0) is 39.1. The first-order valence-corrected chi connectivity index (χ1v) is 19.6. The zero-order valence-corrected chi connectivity index (χ0v) is 31.7. The van der Waals surface area contributed by atoms with Crippen LogP contribution in [0.5, 0.6) is 0 Å². The molecular weight excluding hydrogens is 723 g/mol. The Bertz CT molecular complexity index is 3290. The molecule has 4 heterocycles. The Hall–Kier alpha value is -8.09. The minimum Gasteiger partial charge on any atom is -0.438 e.